The van der Waals surface area contributed by atoms with Crippen LogP contribution >= 0.6 is 24.8 Å². The molecule has 4 bridgehead atoms. The van der Waals surface area contributed by atoms with Crippen LogP contribution in [0.1, 0.15) is 79.3 Å². The molecule has 6 aliphatic carbocycles. The molecule has 0 spiro atoms. The van der Waals surface area contributed by atoms with E-state index in [4.69, 9.17) is 0 Å². The van der Waals surface area contributed by atoms with Gasteiger partial charge in [0.15, 0.2) is 0 Å². The van der Waals surface area contributed by atoms with E-state index < -0.39 is 0 Å². The van der Waals surface area contributed by atoms with Crippen LogP contribution in [0, 0.1) is 88.3 Å². The molecule has 1 atom stereocenters. The van der Waals surface area contributed by atoms with Crippen LogP contribution in [0.2, 0.25) is 0 Å². The Labute approximate surface area is 302 Å². The Morgan fingerprint density at radius 1 is 0.778 bits per heavy atom. The Kier molecular flexibility index (Phi) is 15.0. The first kappa shape index (κ1) is 39.7. The van der Waals surface area contributed by atoms with Gasteiger partial charge in [-0.1, -0.05) is 56.7 Å². The average molecular weight is 719 g/mol. The van der Waals surface area contributed by atoms with E-state index in [0.717, 1.165) is 30.1 Å². The molecule has 45 heavy (non-hydrogen) atoms. The third-order valence-electron chi connectivity index (χ3n) is 11.0. The van der Waals surface area contributed by atoms with Gasteiger partial charge in [-0.2, -0.15) is 71.3 Å². The Morgan fingerprint density at radius 2 is 1.33 bits per heavy atom. The molecule has 0 nitrogen and oxygen atoms in total. The molecular weight excluding hydrogens is 667 g/mol. The minimum atomic E-state index is 0. The molecular formula is C42H52Cl2Zr-4. The van der Waals surface area contributed by atoms with Crippen LogP contribution in [0.5, 0.6) is 0 Å². The Morgan fingerprint density at radius 3 is 1.82 bits per heavy atom. The molecule has 6 aliphatic rings. The van der Waals surface area contributed by atoms with Crippen LogP contribution < -0.4 is 0 Å². The normalized spacial score (nSPS) is 26.8. The van der Waals surface area contributed by atoms with Crippen LogP contribution in [0.15, 0.2) is 66.3 Å². The molecule has 9 rings (SSSR count). The maximum atomic E-state index is 3.54. The Balaban J connectivity index is 0.000000241. The number of allylic oxidation sites excluding steroid dienone is 4. The van der Waals surface area contributed by atoms with Gasteiger partial charge in [0, 0.05) is 0 Å². The molecule has 0 radical (unpaired) electrons. The van der Waals surface area contributed by atoms with Crippen molar-refractivity contribution in [2.75, 3.05) is 0 Å². The molecule has 3 aromatic rings. The van der Waals surface area contributed by atoms with Gasteiger partial charge in [0.2, 0.25) is 0 Å². The second-order valence-electron chi connectivity index (χ2n) is 13.6. The van der Waals surface area contributed by atoms with Gasteiger partial charge in [0.1, 0.15) is 0 Å². The van der Waals surface area contributed by atoms with E-state index in [2.05, 4.69) is 94.3 Å². The largest absolute Gasteiger partial charge is 0.358 e. The fraction of sp³-hybridized carbons (Fsp3) is 0.429. The van der Waals surface area contributed by atoms with E-state index in [0.29, 0.717) is 11.3 Å². The molecule has 0 heterocycles. The molecule has 242 valence electrons. The van der Waals surface area contributed by atoms with E-state index in [1.165, 1.54) is 94.4 Å². The first-order chi connectivity index (χ1) is 20.2. The van der Waals surface area contributed by atoms with Crippen LogP contribution in [-0.2, 0) is 30.7 Å². The topological polar surface area (TPSA) is 0 Å². The van der Waals surface area contributed by atoms with Crippen LogP contribution in [-0.4, -0.2) is 4.21 Å². The van der Waals surface area contributed by atoms with Crippen molar-refractivity contribution < 1.29 is 24.2 Å². The third-order valence-corrected chi connectivity index (χ3v) is 11.0. The van der Waals surface area contributed by atoms with E-state index in [9.17, 15) is 0 Å². The van der Waals surface area contributed by atoms with Crippen molar-refractivity contribution in [2.24, 2.45) is 35.0 Å². The number of hydrogen-bond donors (Lipinski definition) is 0. The van der Waals surface area contributed by atoms with Gasteiger partial charge < -0.3 is 7.43 Å². The van der Waals surface area contributed by atoms with Gasteiger partial charge in [0.05, 0.1) is 0 Å². The zero-order chi connectivity index (χ0) is 30.0. The predicted octanol–water partition coefficient (Wildman–Crippen LogP) is 11.4. The second-order valence-corrected chi connectivity index (χ2v) is 13.6. The van der Waals surface area contributed by atoms with Crippen molar-refractivity contribution in [3.8, 4) is 11.1 Å². The van der Waals surface area contributed by atoms with Crippen molar-refractivity contribution >= 4 is 29.0 Å². The molecule has 4 saturated carbocycles. The van der Waals surface area contributed by atoms with E-state index >= 15 is 0 Å². The summed E-state index contributed by atoms with van der Waals surface area (Å²) in [5.74, 6) is 4.68. The van der Waals surface area contributed by atoms with E-state index in [1.54, 1.807) is 12.0 Å². The van der Waals surface area contributed by atoms with Crippen LogP contribution in [0.3, 0.4) is 0 Å². The third kappa shape index (κ3) is 8.31. The number of benzene rings is 3. The van der Waals surface area contributed by atoms with Crippen molar-refractivity contribution in [1.29, 1.82) is 0 Å². The molecule has 3 aromatic carbocycles. The van der Waals surface area contributed by atoms with Gasteiger partial charge in [-0.25, -0.2) is 6.08 Å². The average Bonchev–Trinajstić information content (AvgIpc) is 3.58. The molecule has 0 amide bonds. The maximum absolute atomic E-state index is 3.54. The predicted molar refractivity (Wildman–Crippen MR) is 196 cm³/mol. The summed E-state index contributed by atoms with van der Waals surface area (Å²) in [6.07, 6.45) is 17.0. The minimum Gasteiger partial charge on any atom is -0.358 e. The van der Waals surface area contributed by atoms with E-state index in [1.807, 2.05) is 30.3 Å². The molecule has 0 aliphatic heterocycles. The molecule has 3 heteroatoms. The van der Waals surface area contributed by atoms with E-state index in [-0.39, 0.29) is 32.2 Å². The summed E-state index contributed by atoms with van der Waals surface area (Å²) in [5, 5.41) is 0. The van der Waals surface area contributed by atoms with Crippen molar-refractivity contribution in [2.45, 2.75) is 80.1 Å². The zero-order valence-electron chi connectivity index (χ0n) is 28.4. The second kappa shape index (κ2) is 17.0. The first-order valence-electron chi connectivity index (χ1n) is 15.9. The number of aryl methyl sites for hydroxylation is 4. The molecule has 4 fully saturated rings. The van der Waals surface area contributed by atoms with Crippen molar-refractivity contribution in [3.05, 3.63) is 125 Å². The van der Waals surface area contributed by atoms with Crippen molar-refractivity contribution in [3.63, 3.8) is 0 Å². The Hall–Kier alpha value is -1.53. The summed E-state index contributed by atoms with van der Waals surface area (Å²) in [6.45, 7) is 13.5. The summed E-state index contributed by atoms with van der Waals surface area (Å²) in [7, 11) is 0. The maximum Gasteiger partial charge on any atom is -0.171 e. The van der Waals surface area contributed by atoms with Crippen LogP contribution in [0.25, 0.3) is 11.1 Å². The van der Waals surface area contributed by atoms with Gasteiger partial charge in [-0.15, -0.1) is 35.9 Å². The monoisotopic (exact) mass is 716 g/mol. The standard InChI is InChI=1S/C17H23.C17H17.C6H5.CH3.CH2.2ClH.Zr/c1-11-3-4-14(5-11)17(2)15-7-12-6-13(9-15)10-16(17)8-12;1-10-5-14-9-15-6-11(2)13(4)8-17(15)16(14)7-12(10)3;1-2-4-6-5-3-1;;;;;/h4-5,11-13,15-16H,6-10H2,1-2H3;5,7-8H,9H2,1-4H3;1-5H;1H3;1H2;2*1H;/q4*-1;;;;. The van der Waals surface area contributed by atoms with Gasteiger partial charge in [0.25, 0.3) is 0 Å². The van der Waals surface area contributed by atoms with Gasteiger partial charge in [-0.05, 0) is 92.7 Å². The Bertz CT molecular complexity index is 1360. The summed E-state index contributed by atoms with van der Waals surface area (Å²) in [5.41, 5.74) is 13.2. The summed E-state index contributed by atoms with van der Waals surface area (Å²) in [4.78, 5) is 0. The SMILES string of the molecule is CC1[C-]=CC(C2(C)C3CC4CC(C3)CC2C4)=C1.Cc1[c-]c2c(cc1C)-c1cc(C)c(C)cc1C2.Cl.Cl.[CH2]=[Zr].[CH3-].[c-]1ccccc1. The quantitative estimate of drug-likeness (QED) is 0.172. The van der Waals surface area contributed by atoms with Gasteiger partial charge in [-0.3, -0.25) is 6.08 Å². The molecule has 0 aromatic heterocycles. The van der Waals surface area contributed by atoms with Crippen LogP contribution in [0.4, 0.5) is 0 Å². The molecule has 0 saturated heterocycles. The fourth-order valence-electron chi connectivity index (χ4n) is 8.55. The van der Waals surface area contributed by atoms with Gasteiger partial charge >= 0.3 is 28.4 Å². The minimum absolute atomic E-state index is 0. The first-order valence-corrected chi connectivity index (χ1v) is 17.7. The van der Waals surface area contributed by atoms with Crippen molar-refractivity contribution in [1.82, 2.24) is 0 Å². The molecule has 1 unspecified atom stereocenters. The number of rotatable bonds is 1. The number of halogens is 2. The summed E-state index contributed by atoms with van der Waals surface area (Å²) < 4.78 is 3.34. The zero-order valence-corrected chi connectivity index (χ0v) is 32.5. The fourth-order valence-corrected chi connectivity index (χ4v) is 8.55. The number of hydrogen-bond acceptors (Lipinski definition) is 0. The smallest absolute Gasteiger partial charge is 0.171 e. The summed E-state index contributed by atoms with van der Waals surface area (Å²) in [6, 6.07) is 23.0. The molecule has 0 N–H and O–H groups in total. The summed E-state index contributed by atoms with van der Waals surface area (Å²) >= 11 is 1.30. The number of fused-ring (bicyclic) bond motifs is 3.